The lowest BCUT2D eigenvalue weighted by molar-refractivity contribution is 0.0828. The predicted octanol–water partition coefficient (Wildman–Crippen LogP) is 3.81. The second kappa shape index (κ2) is 7.16. The summed E-state index contributed by atoms with van der Waals surface area (Å²) in [6.45, 7) is 2.04. The molecule has 2 heterocycles. The minimum atomic E-state index is -0.161. The van der Waals surface area contributed by atoms with E-state index in [0.29, 0.717) is 12.1 Å². The van der Waals surface area contributed by atoms with Crippen LogP contribution < -0.4 is 10.2 Å². The fraction of sp³-hybridized carbons (Fsp3) is 0.611. The number of aliphatic hydroxyl groups is 1. The summed E-state index contributed by atoms with van der Waals surface area (Å²) in [4.78, 5) is 7.14. The number of piperidine rings is 1. The van der Waals surface area contributed by atoms with Gasteiger partial charge in [-0.25, -0.2) is 4.98 Å². The molecule has 1 aromatic heterocycles. The quantitative estimate of drug-likeness (QED) is 0.868. The van der Waals surface area contributed by atoms with Crippen LogP contribution >= 0.6 is 22.9 Å². The van der Waals surface area contributed by atoms with E-state index < -0.39 is 0 Å². The molecule has 1 saturated carbocycles. The smallest absolute Gasteiger partial charge is 0.186 e. The van der Waals surface area contributed by atoms with Gasteiger partial charge in [0.2, 0.25) is 0 Å². The van der Waals surface area contributed by atoms with Gasteiger partial charge in [-0.05, 0) is 43.9 Å². The molecule has 0 amide bonds. The van der Waals surface area contributed by atoms with Gasteiger partial charge in [0.1, 0.15) is 0 Å². The van der Waals surface area contributed by atoms with E-state index in [0.717, 1.165) is 59.1 Å². The van der Waals surface area contributed by atoms with Gasteiger partial charge in [-0.1, -0.05) is 35.8 Å². The molecule has 1 aromatic carbocycles. The third-order valence-electron chi connectivity index (χ3n) is 5.28. The predicted molar refractivity (Wildman–Crippen MR) is 101 cm³/mol. The molecule has 1 aliphatic carbocycles. The first kappa shape index (κ1) is 16.6. The number of halogens is 1. The zero-order valence-corrected chi connectivity index (χ0v) is 15.3. The van der Waals surface area contributed by atoms with Crippen LogP contribution in [-0.4, -0.2) is 41.4 Å². The van der Waals surface area contributed by atoms with Crippen LogP contribution in [0.5, 0.6) is 0 Å². The second-order valence-corrected chi connectivity index (χ2v) is 8.44. The van der Waals surface area contributed by atoms with Crippen molar-refractivity contribution in [2.24, 2.45) is 0 Å². The number of fused-ring (bicyclic) bond motifs is 1. The molecule has 0 unspecified atom stereocenters. The molecule has 4 rings (SSSR count). The number of aromatic nitrogens is 1. The van der Waals surface area contributed by atoms with Crippen LogP contribution in [0.2, 0.25) is 5.02 Å². The molecule has 0 spiro atoms. The molecule has 0 bridgehead atoms. The van der Waals surface area contributed by atoms with Gasteiger partial charge in [0.05, 0.1) is 16.3 Å². The van der Waals surface area contributed by atoms with Crippen molar-refractivity contribution in [2.45, 2.75) is 56.7 Å². The standard InChI is InChI=1S/C18H24ClN3OS/c19-12-5-6-15-17(11-12)24-18(21-15)22-9-7-13(8-10-22)20-14-3-1-2-4-16(14)23/h5-6,11,13-14,16,20,23H,1-4,7-10H2/t14-,16-/m0/s1. The summed E-state index contributed by atoms with van der Waals surface area (Å²) in [7, 11) is 0. The van der Waals surface area contributed by atoms with E-state index >= 15 is 0 Å². The highest BCUT2D eigenvalue weighted by atomic mass is 35.5. The van der Waals surface area contributed by atoms with Gasteiger partial charge < -0.3 is 15.3 Å². The number of hydrogen-bond acceptors (Lipinski definition) is 5. The fourth-order valence-electron chi connectivity index (χ4n) is 3.87. The molecule has 130 valence electrons. The average molecular weight is 366 g/mol. The first-order valence-electron chi connectivity index (χ1n) is 8.94. The third-order valence-corrected chi connectivity index (χ3v) is 6.60. The molecule has 4 nitrogen and oxygen atoms in total. The highest BCUT2D eigenvalue weighted by molar-refractivity contribution is 7.22. The minimum Gasteiger partial charge on any atom is -0.392 e. The van der Waals surface area contributed by atoms with Crippen LogP contribution in [-0.2, 0) is 0 Å². The van der Waals surface area contributed by atoms with Crippen LogP contribution in [0.1, 0.15) is 38.5 Å². The van der Waals surface area contributed by atoms with Crippen LogP contribution in [0.25, 0.3) is 10.2 Å². The van der Waals surface area contributed by atoms with Crippen molar-refractivity contribution in [3.63, 3.8) is 0 Å². The van der Waals surface area contributed by atoms with Crippen molar-refractivity contribution in [2.75, 3.05) is 18.0 Å². The van der Waals surface area contributed by atoms with Crippen LogP contribution in [0.15, 0.2) is 18.2 Å². The fourth-order valence-corrected chi connectivity index (χ4v) is 5.16. The number of benzene rings is 1. The molecule has 1 saturated heterocycles. The lowest BCUT2D eigenvalue weighted by Crippen LogP contribution is -2.51. The van der Waals surface area contributed by atoms with Crippen molar-refractivity contribution in [1.29, 1.82) is 0 Å². The van der Waals surface area contributed by atoms with Gasteiger partial charge in [-0.15, -0.1) is 0 Å². The summed E-state index contributed by atoms with van der Waals surface area (Å²) in [6.07, 6.45) is 6.53. The van der Waals surface area contributed by atoms with Crippen molar-refractivity contribution in [3.05, 3.63) is 23.2 Å². The molecule has 1 aliphatic heterocycles. The number of rotatable bonds is 3. The monoisotopic (exact) mass is 365 g/mol. The molecule has 0 radical (unpaired) electrons. The first-order valence-corrected chi connectivity index (χ1v) is 10.1. The van der Waals surface area contributed by atoms with Gasteiger partial charge in [0, 0.05) is 30.2 Å². The summed E-state index contributed by atoms with van der Waals surface area (Å²) < 4.78 is 1.16. The first-order chi connectivity index (χ1) is 11.7. The molecular formula is C18H24ClN3OS. The Balaban J connectivity index is 1.36. The molecule has 6 heteroatoms. The van der Waals surface area contributed by atoms with Crippen molar-refractivity contribution in [1.82, 2.24) is 10.3 Å². The lowest BCUT2D eigenvalue weighted by Gasteiger charge is -2.37. The Hall–Kier alpha value is -0.880. The van der Waals surface area contributed by atoms with E-state index in [9.17, 15) is 5.11 Å². The number of nitrogens with one attached hydrogen (secondary N) is 1. The topological polar surface area (TPSA) is 48.4 Å². The van der Waals surface area contributed by atoms with Crippen LogP contribution in [0, 0.1) is 0 Å². The summed E-state index contributed by atoms with van der Waals surface area (Å²) >= 11 is 7.80. The Kier molecular flexibility index (Phi) is 4.95. The van der Waals surface area contributed by atoms with E-state index in [4.69, 9.17) is 16.6 Å². The number of aliphatic hydroxyl groups excluding tert-OH is 1. The van der Waals surface area contributed by atoms with Crippen molar-refractivity contribution < 1.29 is 5.11 Å². The molecule has 2 aliphatic rings. The zero-order valence-electron chi connectivity index (χ0n) is 13.7. The van der Waals surface area contributed by atoms with Crippen LogP contribution in [0.4, 0.5) is 5.13 Å². The Morgan fingerprint density at radius 1 is 1.17 bits per heavy atom. The number of hydrogen-bond donors (Lipinski definition) is 2. The van der Waals surface area contributed by atoms with Crippen molar-refractivity contribution >= 4 is 38.3 Å². The molecule has 2 aromatic rings. The molecule has 2 fully saturated rings. The average Bonchev–Trinajstić information content (AvgIpc) is 3.01. The summed E-state index contributed by atoms with van der Waals surface area (Å²) in [5.74, 6) is 0. The van der Waals surface area contributed by atoms with E-state index in [1.807, 2.05) is 18.2 Å². The Morgan fingerprint density at radius 3 is 2.75 bits per heavy atom. The molecule has 2 atom stereocenters. The molecular weight excluding hydrogens is 342 g/mol. The highest BCUT2D eigenvalue weighted by Crippen LogP contribution is 2.32. The maximum Gasteiger partial charge on any atom is 0.186 e. The summed E-state index contributed by atoms with van der Waals surface area (Å²) in [5, 5.41) is 15.7. The zero-order chi connectivity index (χ0) is 16.5. The number of nitrogens with zero attached hydrogens (tertiary/aromatic N) is 2. The van der Waals surface area contributed by atoms with E-state index in [-0.39, 0.29) is 6.10 Å². The number of thiazole rings is 1. The second-order valence-electron chi connectivity index (χ2n) is 6.99. The van der Waals surface area contributed by atoms with Crippen LogP contribution in [0.3, 0.4) is 0 Å². The van der Waals surface area contributed by atoms with E-state index in [1.54, 1.807) is 11.3 Å². The number of anilines is 1. The Bertz CT molecular complexity index is 699. The van der Waals surface area contributed by atoms with Crippen molar-refractivity contribution in [3.8, 4) is 0 Å². The van der Waals surface area contributed by atoms with E-state index in [2.05, 4.69) is 10.2 Å². The Morgan fingerprint density at radius 2 is 1.96 bits per heavy atom. The van der Waals surface area contributed by atoms with E-state index in [1.165, 1.54) is 12.8 Å². The molecule has 2 N–H and O–H groups in total. The summed E-state index contributed by atoms with van der Waals surface area (Å²) in [6, 6.07) is 6.70. The van der Waals surface area contributed by atoms with Gasteiger partial charge in [0.25, 0.3) is 0 Å². The molecule has 24 heavy (non-hydrogen) atoms. The minimum absolute atomic E-state index is 0.161. The van der Waals surface area contributed by atoms with Gasteiger partial charge >= 0.3 is 0 Å². The van der Waals surface area contributed by atoms with Gasteiger partial charge in [-0.2, -0.15) is 0 Å². The Labute approximate surface area is 151 Å². The van der Waals surface area contributed by atoms with Gasteiger partial charge in [0.15, 0.2) is 5.13 Å². The maximum atomic E-state index is 10.1. The normalized spacial score (nSPS) is 26.2. The van der Waals surface area contributed by atoms with Gasteiger partial charge in [-0.3, -0.25) is 0 Å². The third kappa shape index (κ3) is 3.54. The largest absolute Gasteiger partial charge is 0.392 e. The SMILES string of the molecule is O[C@H]1CCCC[C@@H]1NC1CCN(c2nc3ccc(Cl)cc3s2)CC1. The highest BCUT2D eigenvalue weighted by Gasteiger charge is 2.28. The lowest BCUT2D eigenvalue weighted by atomic mass is 9.91. The maximum absolute atomic E-state index is 10.1. The summed E-state index contributed by atoms with van der Waals surface area (Å²) in [5.41, 5.74) is 1.03.